The summed E-state index contributed by atoms with van der Waals surface area (Å²) in [5.74, 6) is 3.93. The average molecular weight is 463 g/mol. The van der Waals surface area contributed by atoms with Gasteiger partial charge in [0.2, 0.25) is 6.79 Å². The largest absolute Gasteiger partial charge is 0.493 e. The van der Waals surface area contributed by atoms with Crippen LogP contribution in [0.15, 0.2) is 24.4 Å². The maximum absolute atomic E-state index is 12.1. The monoisotopic (exact) mass is 462 g/mol. The SMILES string of the molecule is C[C@@H](COc1ccnc2c1[C@H](C)CCC2)CN1Cc2cc3c(cc2C12CCC(=O)CC2)OCO3. The minimum Gasteiger partial charge on any atom is -0.493 e. The molecular weight excluding hydrogens is 428 g/mol. The molecule has 0 amide bonds. The first-order valence-corrected chi connectivity index (χ1v) is 12.8. The number of hydrogen-bond acceptors (Lipinski definition) is 6. The molecule has 1 aromatic carbocycles. The van der Waals surface area contributed by atoms with Crippen molar-refractivity contribution in [3.05, 3.63) is 46.8 Å². The number of pyridine rings is 1. The number of rotatable bonds is 5. The molecule has 2 aromatic rings. The Bertz CT molecular complexity index is 1100. The minimum atomic E-state index is -0.0944. The number of carbonyl (C=O) groups excluding carboxylic acids is 1. The van der Waals surface area contributed by atoms with Gasteiger partial charge in [0.15, 0.2) is 11.5 Å². The number of ether oxygens (including phenoxy) is 3. The van der Waals surface area contributed by atoms with Crippen molar-refractivity contribution >= 4 is 5.78 Å². The standard InChI is InChI=1S/C28H34N2O4/c1-18(16-32-24-8-11-29-23-5-3-4-19(2)27(23)24)14-30-15-20-12-25-26(34-17-33-25)13-22(20)28(30)9-6-21(31)7-10-28/h8,11-13,18-19H,3-7,9-10,14-17H2,1-2H3/t18-,19-/m1/s1. The van der Waals surface area contributed by atoms with E-state index in [9.17, 15) is 4.79 Å². The number of benzene rings is 1. The van der Waals surface area contributed by atoms with Gasteiger partial charge in [-0.1, -0.05) is 13.8 Å². The molecule has 0 unspecified atom stereocenters. The van der Waals surface area contributed by atoms with Gasteiger partial charge in [-0.15, -0.1) is 0 Å². The van der Waals surface area contributed by atoms with Crippen LogP contribution in [-0.4, -0.2) is 35.6 Å². The molecule has 4 aliphatic rings. The first-order valence-electron chi connectivity index (χ1n) is 12.8. The van der Waals surface area contributed by atoms with Gasteiger partial charge < -0.3 is 14.2 Å². The lowest BCUT2D eigenvalue weighted by molar-refractivity contribution is -0.123. The summed E-state index contributed by atoms with van der Waals surface area (Å²) < 4.78 is 17.8. The van der Waals surface area contributed by atoms with E-state index in [1.165, 1.54) is 35.2 Å². The van der Waals surface area contributed by atoms with Gasteiger partial charge in [0.25, 0.3) is 0 Å². The molecule has 3 heterocycles. The van der Waals surface area contributed by atoms with Gasteiger partial charge >= 0.3 is 0 Å². The summed E-state index contributed by atoms with van der Waals surface area (Å²) in [7, 11) is 0. The molecular formula is C28H34N2O4. The molecule has 0 N–H and O–H groups in total. The number of aromatic nitrogens is 1. The van der Waals surface area contributed by atoms with E-state index < -0.39 is 0 Å². The molecule has 0 bridgehead atoms. The molecule has 34 heavy (non-hydrogen) atoms. The predicted octanol–water partition coefficient (Wildman–Crippen LogP) is 5.12. The van der Waals surface area contributed by atoms with Crippen LogP contribution in [0.2, 0.25) is 0 Å². The lowest BCUT2D eigenvalue weighted by atomic mass is 9.75. The van der Waals surface area contributed by atoms with E-state index in [4.69, 9.17) is 14.2 Å². The summed E-state index contributed by atoms with van der Waals surface area (Å²) in [6.07, 6.45) is 8.41. The Labute approximate surface area is 201 Å². The lowest BCUT2D eigenvalue weighted by Crippen LogP contribution is -2.46. The molecule has 6 heteroatoms. The molecule has 1 fully saturated rings. The first kappa shape index (κ1) is 21.9. The third-order valence-corrected chi connectivity index (χ3v) is 8.33. The predicted molar refractivity (Wildman–Crippen MR) is 128 cm³/mol. The molecule has 180 valence electrons. The lowest BCUT2D eigenvalue weighted by Gasteiger charge is -2.43. The third kappa shape index (κ3) is 3.67. The van der Waals surface area contributed by atoms with Crippen LogP contribution >= 0.6 is 0 Å². The van der Waals surface area contributed by atoms with E-state index in [0.717, 1.165) is 49.6 Å². The highest BCUT2D eigenvalue weighted by molar-refractivity contribution is 5.79. The second-order valence-electron chi connectivity index (χ2n) is 10.7. The van der Waals surface area contributed by atoms with Crippen molar-refractivity contribution in [1.29, 1.82) is 0 Å². The molecule has 2 atom stereocenters. The zero-order chi connectivity index (χ0) is 23.3. The van der Waals surface area contributed by atoms with Crippen molar-refractivity contribution < 1.29 is 19.0 Å². The zero-order valence-corrected chi connectivity index (χ0v) is 20.3. The molecule has 1 saturated carbocycles. The third-order valence-electron chi connectivity index (χ3n) is 8.33. The highest BCUT2D eigenvalue weighted by atomic mass is 16.7. The van der Waals surface area contributed by atoms with Crippen LogP contribution in [0.5, 0.6) is 17.2 Å². The van der Waals surface area contributed by atoms with Crippen LogP contribution in [0.1, 0.15) is 80.7 Å². The number of nitrogens with zero attached hydrogens (tertiary/aromatic N) is 2. The minimum absolute atomic E-state index is 0.0944. The maximum atomic E-state index is 12.1. The van der Waals surface area contributed by atoms with E-state index in [0.29, 0.717) is 43.9 Å². The molecule has 1 spiro atoms. The van der Waals surface area contributed by atoms with E-state index in [1.807, 2.05) is 12.3 Å². The van der Waals surface area contributed by atoms with Gasteiger partial charge in [0.05, 0.1) is 6.61 Å². The van der Waals surface area contributed by atoms with Gasteiger partial charge in [-0.05, 0) is 67.3 Å². The number of hydrogen-bond donors (Lipinski definition) is 0. The smallest absolute Gasteiger partial charge is 0.231 e. The fraction of sp³-hybridized carbons (Fsp3) is 0.571. The second kappa shape index (κ2) is 8.56. The highest BCUT2D eigenvalue weighted by Gasteiger charge is 2.48. The summed E-state index contributed by atoms with van der Waals surface area (Å²) in [4.78, 5) is 19.4. The van der Waals surface area contributed by atoms with Crippen LogP contribution in [0.25, 0.3) is 0 Å². The van der Waals surface area contributed by atoms with Crippen molar-refractivity contribution in [3.8, 4) is 17.2 Å². The van der Waals surface area contributed by atoms with Gasteiger partial charge in [-0.3, -0.25) is 14.7 Å². The summed E-state index contributed by atoms with van der Waals surface area (Å²) >= 11 is 0. The molecule has 2 aliphatic heterocycles. The molecule has 2 aliphatic carbocycles. The number of carbonyl (C=O) groups is 1. The van der Waals surface area contributed by atoms with E-state index in [2.05, 4.69) is 35.9 Å². The summed E-state index contributed by atoms with van der Waals surface area (Å²) in [5.41, 5.74) is 5.06. The topological polar surface area (TPSA) is 60.9 Å². The van der Waals surface area contributed by atoms with Crippen molar-refractivity contribution in [2.75, 3.05) is 19.9 Å². The molecule has 1 aromatic heterocycles. The van der Waals surface area contributed by atoms with Crippen molar-refractivity contribution in [1.82, 2.24) is 9.88 Å². The van der Waals surface area contributed by atoms with E-state index >= 15 is 0 Å². The molecule has 6 rings (SSSR count). The Balaban J connectivity index is 1.20. The molecule has 0 radical (unpaired) electrons. The van der Waals surface area contributed by atoms with Gasteiger partial charge in [-0.25, -0.2) is 0 Å². The van der Waals surface area contributed by atoms with E-state index in [1.54, 1.807) is 0 Å². The second-order valence-corrected chi connectivity index (χ2v) is 10.7. The van der Waals surface area contributed by atoms with Gasteiger partial charge in [0, 0.05) is 54.8 Å². The Morgan fingerprint density at radius 1 is 1.21 bits per heavy atom. The Kier molecular flexibility index (Phi) is 5.51. The quantitative estimate of drug-likeness (QED) is 0.615. The Morgan fingerprint density at radius 3 is 2.82 bits per heavy atom. The maximum Gasteiger partial charge on any atom is 0.231 e. The normalized spacial score (nSPS) is 23.6. The van der Waals surface area contributed by atoms with Crippen molar-refractivity contribution in [2.45, 2.75) is 76.8 Å². The summed E-state index contributed by atoms with van der Waals surface area (Å²) in [6.45, 7) is 7.33. The van der Waals surface area contributed by atoms with Crippen LogP contribution in [0, 0.1) is 5.92 Å². The average Bonchev–Trinajstić information content (AvgIpc) is 3.40. The Hall–Kier alpha value is -2.60. The highest BCUT2D eigenvalue weighted by Crippen LogP contribution is 2.51. The van der Waals surface area contributed by atoms with Crippen molar-refractivity contribution in [2.24, 2.45) is 5.92 Å². The summed E-state index contributed by atoms with van der Waals surface area (Å²) in [6, 6.07) is 6.37. The number of aryl methyl sites for hydroxylation is 1. The molecule has 0 saturated heterocycles. The molecule has 6 nitrogen and oxygen atoms in total. The number of fused-ring (bicyclic) bond motifs is 4. The van der Waals surface area contributed by atoms with Crippen LogP contribution in [-0.2, 0) is 23.3 Å². The first-order chi connectivity index (χ1) is 16.5. The van der Waals surface area contributed by atoms with Crippen LogP contribution in [0.4, 0.5) is 0 Å². The summed E-state index contributed by atoms with van der Waals surface area (Å²) in [5, 5.41) is 0. The number of ketones is 1. The van der Waals surface area contributed by atoms with Crippen molar-refractivity contribution in [3.63, 3.8) is 0 Å². The fourth-order valence-corrected chi connectivity index (χ4v) is 6.57. The van der Waals surface area contributed by atoms with Crippen LogP contribution < -0.4 is 14.2 Å². The van der Waals surface area contributed by atoms with E-state index in [-0.39, 0.29) is 5.54 Å². The number of Topliss-reactive ketones (excluding diaryl/α,β-unsaturated/α-hetero) is 1. The zero-order valence-electron chi connectivity index (χ0n) is 20.3. The fourth-order valence-electron chi connectivity index (χ4n) is 6.57. The van der Waals surface area contributed by atoms with Gasteiger partial charge in [-0.2, -0.15) is 0 Å². The Morgan fingerprint density at radius 2 is 2.00 bits per heavy atom. The van der Waals surface area contributed by atoms with Gasteiger partial charge in [0.1, 0.15) is 11.5 Å². The van der Waals surface area contributed by atoms with Crippen LogP contribution in [0.3, 0.4) is 0 Å².